The van der Waals surface area contributed by atoms with Crippen LogP contribution in [0, 0.1) is 5.92 Å². The second-order valence-corrected chi connectivity index (χ2v) is 4.17. The number of hydrogen-bond donors (Lipinski definition) is 0. The predicted octanol–water partition coefficient (Wildman–Crippen LogP) is 3.40. The second-order valence-electron chi connectivity index (χ2n) is 4.17. The number of aromatic nitrogens is 2. The minimum atomic E-state index is 0.417. The largest absolute Gasteiger partial charge is 0.254 e. The molecule has 0 bridgehead atoms. The Kier molecular flexibility index (Phi) is 4.76. The fraction of sp³-hybridized carbons (Fsp3) is 0.357. The second kappa shape index (κ2) is 6.09. The van der Waals surface area contributed by atoms with Crippen LogP contribution in [0.2, 0.25) is 0 Å². The highest BCUT2D eigenvalue weighted by Gasteiger charge is 2.05. The normalized spacial score (nSPS) is 13.6. The van der Waals surface area contributed by atoms with Crippen molar-refractivity contribution in [3.05, 3.63) is 48.2 Å². The SMILES string of the molecule is C=C/C(=C(/C)N=C(C)c1ncccn1)C(C)C. The molecule has 3 nitrogen and oxygen atoms in total. The first-order valence-corrected chi connectivity index (χ1v) is 5.72. The highest BCUT2D eigenvalue weighted by molar-refractivity contribution is 5.95. The van der Waals surface area contributed by atoms with Gasteiger partial charge in [0.15, 0.2) is 5.82 Å². The van der Waals surface area contributed by atoms with E-state index in [9.17, 15) is 0 Å². The molecule has 90 valence electrons. The zero-order chi connectivity index (χ0) is 12.8. The highest BCUT2D eigenvalue weighted by Crippen LogP contribution is 2.17. The number of hydrogen-bond acceptors (Lipinski definition) is 3. The average molecular weight is 229 g/mol. The summed E-state index contributed by atoms with van der Waals surface area (Å²) < 4.78 is 0. The lowest BCUT2D eigenvalue weighted by atomic mass is 10.0. The fourth-order valence-electron chi connectivity index (χ4n) is 1.65. The van der Waals surface area contributed by atoms with Gasteiger partial charge in [-0.2, -0.15) is 0 Å². The molecule has 0 unspecified atom stereocenters. The zero-order valence-electron chi connectivity index (χ0n) is 10.9. The highest BCUT2D eigenvalue weighted by atomic mass is 14.9. The van der Waals surface area contributed by atoms with Crippen molar-refractivity contribution >= 4 is 5.71 Å². The molecule has 0 saturated heterocycles. The lowest BCUT2D eigenvalue weighted by Gasteiger charge is -2.09. The summed E-state index contributed by atoms with van der Waals surface area (Å²) in [5.74, 6) is 1.08. The maximum Gasteiger partial charge on any atom is 0.173 e. The van der Waals surface area contributed by atoms with E-state index < -0.39 is 0 Å². The van der Waals surface area contributed by atoms with Gasteiger partial charge in [-0.25, -0.2) is 9.97 Å². The Morgan fingerprint density at radius 3 is 2.35 bits per heavy atom. The monoisotopic (exact) mass is 229 g/mol. The summed E-state index contributed by atoms with van der Waals surface area (Å²) in [7, 11) is 0. The van der Waals surface area contributed by atoms with Crippen LogP contribution in [0.25, 0.3) is 0 Å². The summed E-state index contributed by atoms with van der Waals surface area (Å²) in [6.45, 7) is 12.0. The van der Waals surface area contributed by atoms with Crippen LogP contribution in [0.3, 0.4) is 0 Å². The molecule has 1 aromatic rings. The van der Waals surface area contributed by atoms with Crippen LogP contribution in [0.1, 0.15) is 33.5 Å². The predicted molar refractivity (Wildman–Crippen MR) is 72.0 cm³/mol. The van der Waals surface area contributed by atoms with E-state index in [0.29, 0.717) is 11.7 Å². The first-order valence-electron chi connectivity index (χ1n) is 5.72. The number of aliphatic imine (C=N–C) groups is 1. The Hall–Kier alpha value is -1.77. The maximum absolute atomic E-state index is 4.54. The number of rotatable bonds is 4. The van der Waals surface area contributed by atoms with Gasteiger partial charge in [0.05, 0.1) is 5.71 Å². The number of nitrogens with zero attached hydrogens (tertiary/aromatic N) is 3. The van der Waals surface area contributed by atoms with Gasteiger partial charge < -0.3 is 0 Å². The smallest absolute Gasteiger partial charge is 0.173 e. The van der Waals surface area contributed by atoms with Crippen molar-refractivity contribution < 1.29 is 0 Å². The molecule has 0 aliphatic rings. The molecule has 3 heteroatoms. The third-order valence-electron chi connectivity index (χ3n) is 2.48. The molecular formula is C14H19N3. The lowest BCUT2D eigenvalue weighted by Crippen LogP contribution is -2.02. The van der Waals surface area contributed by atoms with Crippen LogP contribution >= 0.6 is 0 Å². The van der Waals surface area contributed by atoms with Gasteiger partial charge in [0, 0.05) is 18.1 Å². The third-order valence-corrected chi connectivity index (χ3v) is 2.48. The Balaban J connectivity index is 3.07. The van der Waals surface area contributed by atoms with Gasteiger partial charge in [-0.15, -0.1) is 0 Å². The Morgan fingerprint density at radius 1 is 1.29 bits per heavy atom. The molecule has 0 amide bonds. The Labute approximate surface area is 103 Å². The van der Waals surface area contributed by atoms with Crippen LogP contribution in [-0.2, 0) is 0 Å². The molecule has 0 N–H and O–H groups in total. The standard InChI is InChI=1S/C14H19N3/c1-6-13(10(2)3)11(4)17-12(5)14-15-8-7-9-16-14/h6-10H,1H2,2-5H3/b13-11+,17-12?. The molecule has 0 aromatic carbocycles. The topological polar surface area (TPSA) is 38.1 Å². The van der Waals surface area contributed by atoms with Crippen molar-refractivity contribution in [1.29, 1.82) is 0 Å². The van der Waals surface area contributed by atoms with E-state index in [1.165, 1.54) is 0 Å². The van der Waals surface area contributed by atoms with E-state index in [1.54, 1.807) is 18.5 Å². The van der Waals surface area contributed by atoms with Gasteiger partial charge in [-0.3, -0.25) is 4.99 Å². The first kappa shape index (κ1) is 13.3. The minimum absolute atomic E-state index is 0.417. The van der Waals surface area contributed by atoms with E-state index >= 15 is 0 Å². The van der Waals surface area contributed by atoms with Crippen LogP contribution in [0.15, 0.2) is 47.4 Å². The molecule has 0 saturated carbocycles. The van der Waals surface area contributed by atoms with Gasteiger partial charge in [0.2, 0.25) is 0 Å². The quantitative estimate of drug-likeness (QED) is 0.586. The molecule has 0 aliphatic heterocycles. The van der Waals surface area contributed by atoms with Gasteiger partial charge in [0.1, 0.15) is 0 Å². The van der Waals surface area contributed by atoms with Crippen molar-refractivity contribution in [1.82, 2.24) is 9.97 Å². The molecule has 1 aromatic heterocycles. The van der Waals surface area contributed by atoms with Gasteiger partial charge >= 0.3 is 0 Å². The van der Waals surface area contributed by atoms with E-state index in [2.05, 4.69) is 35.4 Å². The Morgan fingerprint density at radius 2 is 1.88 bits per heavy atom. The molecular weight excluding hydrogens is 210 g/mol. The van der Waals surface area contributed by atoms with Gasteiger partial charge in [0.25, 0.3) is 0 Å². The van der Waals surface area contributed by atoms with Crippen molar-refractivity contribution in [2.24, 2.45) is 10.9 Å². The van der Waals surface area contributed by atoms with Crippen molar-refractivity contribution in [3.63, 3.8) is 0 Å². The van der Waals surface area contributed by atoms with E-state index in [4.69, 9.17) is 0 Å². The van der Waals surface area contributed by atoms with Gasteiger partial charge in [-0.05, 0) is 31.4 Å². The molecule has 0 atom stereocenters. The van der Waals surface area contributed by atoms with E-state index in [0.717, 1.165) is 17.0 Å². The summed E-state index contributed by atoms with van der Waals surface area (Å²) >= 11 is 0. The Bertz CT molecular complexity index is 442. The molecule has 0 radical (unpaired) electrons. The van der Waals surface area contributed by atoms with Crippen LogP contribution in [0.4, 0.5) is 0 Å². The molecule has 1 rings (SSSR count). The average Bonchev–Trinajstić information content (AvgIpc) is 2.30. The fourth-order valence-corrected chi connectivity index (χ4v) is 1.65. The minimum Gasteiger partial charge on any atom is -0.254 e. The van der Waals surface area contributed by atoms with E-state index in [1.807, 2.05) is 19.9 Å². The summed E-state index contributed by atoms with van der Waals surface area (Å²) in [6.07, 6.45) is 5.30. The molecule has 0 spiro atoms. The van der Waals surface area contributed by atoms with Gasteiger partial charge in [-0.1, -0.05) is 26.5 Å². The summed E-state index contributed by atoms with van der Waals surface area (Å²) in [5.41, 5.74) is 2.95. The van der Waals surface area contributed by atoms with Crippen LogP contribution < -0.4 is 0 Å². The van der Waals surface area contributed by atoms with Crippen LogP contribution in [-0.4, -0.2) is 15.7 Å². The summed E-state index contributed by atoms with van der Waals surface area (Å²) in [4.78, 5) is 12.9. The first-order chi connectivity index (χ1) is 8.06. The van der Waals surface area contributed by atoms with Crippen LogP contribution in [0.5, 0.6) is 0 Å². The lowest BCUT2D eigenvalue weighted by molar-refractivity contribution is 0.778. The van der Waals surface area contributed by atoms with Crippen molar-refractivity contribution in [3.8, 4) is 0 Å². The molecule has 0 aliphatic carbocycles. The maximum atomic E-state index is 4.54. The molecule has 17 heavy (non-hydrogen) atoms. The number of allylic oxidation sites excluding steroid dienone is 3. The summed E-state index contributed by atoms with van der Waals surface area (Å²) in [5, 5.41) is 0. The van der Waals surface area contributed by atoms with Crippen molar-refractivity contribution in [2.45, 2.75) is 27.7 Å². The molecule has 1 heterocycles. The summed E-state index contributed by atoms with van der Waals surface area (Å²) in [6, 6.07) is 1.79. The van der Waals surface area contributed by atoms with E-state index in [-0.39, 0.29) is 0 Å². The zero-order valence-corrected chi connectivity index (χ0v) is 10.9. The third kappa shape index (κ3) is 3.63. The van der Waals surface area contributed by atoms with Crippen molar-refractivity contribution in [2.75, 3.05) is 0 Å². The molecule has 0 fully saturated rings.